The third-order valence-electron chi connectivity index (χ3n) is 3.47. The molecule has 0 aliphatic carbocycles. The Labute approximate surface area is 138 Å². The molecule has 0 saturated carbocycles. The largest absolute Gasteiger partial charge is 0.394 e. The first-order valence-electron chi connectivity index (χ1n) is 7.12. The lowest BCUT2D eigenvalue weighted by Crippen LogP contribution is -2.16. The number of halogens is 1. The van der Waals surface area contributed by atoms with Crippen LogP contribution in [0.15, 0.2) is 49.1 Å². The molecule has 23 heavy (non-hydrogen) atoms. The number of rotatable bonds is 5. The number of benzene rings is 1. The minimum atomic E-state index is -0.291. The number of aliphatic hydroxyl groups is 1. The monoisotopic (exact) mass is 329 g/mol. The van der Waals surface area contributed by atoms with Crippen LogP contribution in [0.1, 0.15) is 17.4 Å². The molecule has 1 unspecified atom stereocenters. The number of aryl methyl sites for hydroxylation is 1. The summed E-state index contributed by atoms with van der Waals surface area (Å²) in [6, 6.07) is 7.03. The van der Waals surface area contributed by atoms with E-state index in [1.807, 2.05) is 29.8 Å². The van der Waals surface area contributed by atoms with Crippen molar-refractivity contribution < 1.29 is 5.11 Å². The maximum atomic E-state index is 9.65. The summed E-state index contributed by atoms with van der Waals surface area (Å²) >= 11 is 5.90. The number of nitrogens with one attached hydrogen (secondary N) is 1. The SMILES string of the molecule is Cc1nccn1-c1cncc(NC(CO)c2ccc(Cl)cc2)n1. The molecule has 0 saturated heterocycles. The summed E-state index contributed by atoms with van der Waals surface area (Å²) in [5.74, 6) is 2.07. The summed E-state index contributed by atoms with van der Waals surface area (Å²) in [7, 11) is 0. The zero-order valence-electron chi connectivity index (χ0n) is 12.5. The zero-order valence-corrected chi connectivity index (χ0v) is 13.3. The van der Waals surface area contributed by atoms with E-state index in [2.05, 4.69) is 20.3 Å². The molecule has 2 aromatic heterocycles. The number of anilines is 1. The highest BCUT2D eigenvalue weighted by atomic mass is 35.5. The Kier molecular flexibility index (Phi) is 4.55. The Morgan fingerprint density at radius 3 is 2.70 bits per heavy atom. The Morgan fingerprint density at radius 2 is 2.04 bits per heavy atom. The van der Waals surface area contributed by atoms with E-state index in [0.29, 0.717) is 16.7 Å². The molecule has 0 bridgehead atoms. The van der Waals surface area contributed by atoms with Gasteiger partial charge in [-0.05, 0) is 24.6 Å². The first kappa shape index (κ1) is 15.5. The standard InChI is InChI=1S/C16H16ClN5O/c1-11-19-6-7-22(11)16-9-18-8-15(21-16)20-14(10-23)12-2-4-13(17)5-3-12/h2-9,14,23H,10H2,1H3,(H,20,21). The summed E-state index contributed by atoms with van der Waals surface area (Å²) in [4.78, 5) is 12.9. The van der Waals surface area contributed by atoms with Gasteiger partial charge in [-0.25, -0.2) is 9.97 Å². The molecule has 3 rings (SSSR count). The van der Waals surface area contributed by atoms with Crippen LogP contribution in [0.5, 0.6) is 0 Å². The highest BCUT2D eigenvalue weighted by Crippen LogP contribution is 2.20. The van der Waals surface area contributed by atoms with Gasteiger partial charge in [0.25, 0.3) is 0 Å². The third-order valence-corrected chi connectivity index (χ3v) is 3.72. The lowest BCUT2D eigenvalue weighted by atomic mass is 10.1. The second-order valence-corrected chi connectivity index (χ2v) is 5.47. The lowest BCUT2D eigenvalue weighted by molar-refractivity contribution is 0.276. The molecule has 2 heterocycles. The van der Waals surface area contributed by atoms with Gasteiger partial charge >= 0.3 is 0 Å². The van der Waals surface area contributed by atoms with Crippen LogP contribution in [0.2, 0.25) is 5.02 Å². The second-order valence-electron chi connectivity index (χ2n) is 5.04. The van der Waals surface area contributed by atoms with Crippen LogP contribution < -0.4 is 5.32 Å². The second kappa shape index (κ2) is 6.76. The van der Waals surface area contributed by atoms with E-state index in [1.165, 1.54) is 0 Å². The van der Waals surface area contributed by atoms with Gasteiger partial charge in [-0.15, -0.1) is 0 Å². The third kappa shape index (κ3) is 3.49. The predicted octanol–water partition coefficient (Wildman–Crippen LogP) is 2.77. The molecule has 0 radical (unpaired) electrons. The number of aromatic nitrogens is 4. The van der Waals surface area contributed by atoms with Gasteiger partial charge in [0, 0.05) is 17.4 Å². The van der Waals surface area contributed by atoms with Crippen LogP contribution in [-0.4, -0.2) is 31.2 Å². The van der Waals surface area contributed by atoms with Crippen LogP contribution in [0.4, 0.5) is 5.82 Å². The smallest absolute Gasteiger partial charge is 0.159 e. The molecular formula is C16H16ClN5O. The van der Waals surface area contributed by atoms with E-state index in [4.69, 9.17) is 11.6 Å². The predicted molar refractivity (Wildman–Crippen MR) is 88.8 cm³/mol. The van der Waals surface area contributed by atoms with Crippen molar-refractivity contribution in [2.45, 2.75) is 13.0 Å². The highest BCUT2D eigenvalue weighted by molar-refractivity contribution is 6.30. The summed E-state index contributed by atoms with van der Waals surface area (Å²) < 4.78 is 1.84. The van der Waals surface area contributed by atoms with Crippen LogP contribution >= 0.6 is 11.6 Å². The number of aliphatic hydroxyl groups excluding tert-OH is 1. The maximum Gasteiger partial charge on any atom is 0.159 e. The molecule has 7 heteroatoms. The quantitative estimate of drug-likeness (QED) is 0.752. The minimum Gasteiger partial charge on any atom is -0.394 e. The van der Waals surface area contributed by atoms with Gasteiger partial charge in [-0.3, -0.25) is 9.55 Å². The van der Waals surface area contributed by atoms with Crippen LogP contribution in [0.25, 0.3) is 5.82 Å². The summed E-state index contributed by atoms with van der Waals surface area (Å²) in [6.45, 7) is 1.82. The molecule has 1 aromatic carbocycles. The van der Waals surface area contributed by atoms with Crippen LogP contribution in [0, 0.1) is 6.92 Å². The molecule has 0 spiro atoms. The van der Waals surface area contributed by atoms with E-state index >= 15 is 0 Å². The van der Waals surface area contributed by atoms with Gasteiger partial charge in [0.05, 0.1) is 25.0 Å². The lowest BCUT2D eigenvalue weighted by Gasteiger charge is -2.17. The fraction of sp³-hybridized carbons (Fsp3) is 0.188. The van der Waals surface area contributed by atoms with Gasteiger partial charge in [0.15, 0.2) is 5.82 Å². The Morgan fingerprint density at radius 1 is 1.26 bits per heavy atom. The van der Waals surface area contributed by atoms with E-state index in [9.17, 15) is 5.11 Å². The van der Waals surface area contributed by atoms with E-state index in [0.717, 1.165) is 11.4 Å². The van der Waals surface area contributed by atoms with Crippen molar-refractivity contribution >= 4 is 17.4 Å². The van der Waals surface area contributed by atoms with Crippen molar-refractivity contribution in [2.75, 3.05) is 11.9 Å². The molecule has 0 aliphatic heterocycles. The number of nitrogens with zero attached hydrogens (tertiary/aromatic N) is 4. The van der Waals surface area contributed by atoms with Crippen molar-refractivity contribution in [3.05, 3.63) is 65.5 Å². The van der Waals surface area contributed by atoms with Crippen molar-refractivity contribution in [3.63, 3.8) is 0 Å². The molecule has 3 aromatic rings. The Bertz CT molecular complexity index is 787. The van der Waals surface area contributed by atoms with Crippen LogP contribution in [0.3, 0.4) is 0 Å². The zero-order chi connectivity index (χ0) is 16.2. The normalized spacial score (nSPS) is 12.1. The van der Waals surface area contributed by atoms with Crippen molar-refractivity contribution in [3.8, 4) is 5.82 Å². The molecule has 6 nitrogen and oxygen atoms in total. The van der Waals surface area contributed by atoms with Crippen molar-refractivity contribution in [1.29, 1.82) is 0 Å². The summed E-state index contributed by atoms with van der Waals surface area (Å²) in [6.07, 6.45) is 6.82. The summed E-state index contributed by atoms with van der Waals surface area (Å²) in [5.41, 5.74) is 0.919. The number of hydrogen-bond acceptors (Lipinski definition) is 5. The van der Waals surface area contributed by atoms with E-state index in [-0.39, 0.29) is 12.6 Å². The van der Waals surface area contributed by atoms with Gasteiger partial charge < -0.3 is 10.4 Å². The van der Waals surface area contributed by atoms with Crippen molar-refractivity contribution in [1.82, 2.24) is 19.5 Å². The van der Waals surface area contributed by atoms with Gasteiger partial charge in [0.1, 0.15) is 11.6 Å². The highest BCUT2D eigenvalue weighted by Gasteiger charge is 2.12. The summed E-state index contributed by atoms with van der Waals surface area (Å²) in [5, 5.41) is 13.5. The van der Waals surface area contributed by atoms with Crippen LogP contribution in [-0.2, 0) is 0 Å². The average Bonchev–Trinajstić information content (AvgIpc) is 3.00. The molecule has 1 atom stereocenters. The van der Waals surface area contributed by atoms with E-state index < -0.39 is 0 Å². The molecule has 0 aliphatic rings. The topological polar surface area (TPSA) is 75.9 Å². The Hall–Kier alpha value is -2.44. The van der Waals surface area contributed by atoms with Gasteiger partial charge in [0.2, 0.25) is 0 Å². The number of imidazole rings is 1. The van der Waals surface area contributed by atoms with Gasteiger partial charge in [-0.2, -0.15) is 0 Å². The van der Waals surface area contributed by atoms with Gasteiger partial charge in [-0.1, -0.05) is 23.7 Å². The fourth-order valence-electron chi connectivity index (χ4n) is 2.27. The molecule has 2 N–H and O–H groups in total. The van der Waals surface area contributed by atoms with Crippen molar-refractivity contribution in [2.24, 2.45) is 0 Å². The average molecular weight is 330 g/mol. The maximum absolute atomic E-state index is 9.65. The Balaban J connectivity index is 1.84. The molecule has 0 fully saturated rings. The molecule has 118 valence electrons. The van der Waals surface area contributed by atoms with E-state index in [1.54, 1.807) is 30.7 Å². The first-order valence-corrected chi connectivity index (χ1v) is 7.50. The first-order chi connectivity index (χ1) is 11.2. The molecule has 0 amide bonds. The minimum absolute atomic E-state index is 0.0718. The fourth-order valence-corrected chi connectivity index (χ4v) is 2.40. The number of hydrogen-bond donors (Lipinski definition) is 2. The molecular weight excluding hydrogens is 314 g/mol.